The summed E-state index contributed by atoms with van der Waals surface area (Å²) in [5, 5.41) is 6.47. The van der Waals surface area contributed by atoms with Gasteiger partial charge in [-0.15, -0.1) is 0 Å². The van der Waals surface area contributed by atoms with Crippen LogP contribution < -0.4 is 10.6 Å². The Hall–Kier alpha value is -1.40. The minimum atomic E-state index is 0.120. The predicted octanol–water partition coefficient (Wildman–Crippen LogP) is 1.75. The van der Waals surface area contributed by atoms with Gasteiger partial charge in [-0.05, 0) is 19.3 Å². The first-order valence-corrected chi connectivity index (χ1v) is 7.11. The van der Waals surface area contributed by atoms with E-state index in [4.69, 9.17) is 16.3 Å². The molecule has 1 aromatic rings. The molecule has 1 aliphatic rings. The second-order valence-electron chi connectivity index (χ2n) is 4.80. The Morgan fingerprint density at radius 3 is 3.00 bits per heavy atom. The zero-order valence-electron chi connectivity index (χ0n) is 11.5. The molecule has 0 radical (unpaired) electrons. The number of amides is 1. The molecule has 1 saturated carbocycles. The van der Waals surface area contributed by atoms with Crippen molar-refractivity contribution in [3.05, 3.63) is 17.0 Å². The lowest BCUT2D eigenvalue weighted by Crippen LogP contribution is -2.25. The summed E-state index contributed by atoms with van der Waals surface area (Å²) in [6, 6.07) is 2.08. The van der Waals surface area contributed by atoms with Gasteiger partial charge in [-0.25, -0.2) is 9.97 Å². The van der Waals surface area contributed by atoms with Gasteiger partial charge in [0.25, 0.3) is 0 Å². The van der Waals surface area contributed by atoms with Gasteiger partial charge in [-0.2, -0.15) is 0 Å². The van der Waals surface area contributed by atoms with Crippen molar-refractivity contribution in [3.63, 3.8) is 0 Å². The molecule has 2 rings (SSSR count). The Kier molecular flexibility index (Phi) is 5.55. The second-order valence-corrected chi connectivity index (χ2v) is 5.18. The van der Waals surface area contributed by atoms with Crippen molar-refractivity contribution in [1.82, 2.24) is 15.3 Å². The molecule has 2 N–H and O–H groups in total. The number of methoxy groups -OCH3 is 1. The van der Waals surface area contributed by atoms with E-state index in [9.17, 15) is 4.79 Å². The highest BCUT2D eigenvalue weighted by Gasteiger charge is 2.22. The molecule has 0 saturated heterocycles. The fraction of sp³-hybridized carbons (Fsp3) is 0.615. The van der Waals surface area contributed by atoms with Crippen molar-refractivity contribution in [1.29, 1.82) is 0 Å². The zero-order valence-corrected chi connectivity index (χ0v) is 12.2. The maximum atomic E-state index is 11.5. The third-order valence-corrected chi connectivity index (χ3v) is 3.04. The van der Waals surface area contributed by atoms with E-state index >= 15 is 0 Å². The number of rotatable bonds is 8. The topological polar surface area (TPSA) is 76.1 Å². The van der Waals surface area contributed by atoms with Gasteiger partial charge in [0.05, 0.1) is 0 Å². The average Bonchev–Trinajstić information content (AvgIpc) is 3.18. The Morgan fingerprint density at radius 2 is 2.30 bits per heavy atom. The molecule has 6 nitrogen and oxygen atoms in total. The number of nitrogens with one attached hydrogen (secondary N) is 2. The number of carbonyl (C=O) groups excluding carboxylic acids is 1. The molecular weight excluding hydrogens is 280 g/mol. The molecule has 0 spiro atoms. The molecule has 1 aromatic heterocycles. The maximum absolute atomic E-state index is 11.5. The largest absolute Gasteiger partial charge is 0.377 e. The SMILES string of the molecule is COCc1nc(Cl)cc(NCCCC(=O)NC2CC2)n1. The van der Waals surface area contributed by atoms with Gasteiger partial charge >= 0.3 is 0 Å². The molecule has 0 unspecified atom stereocenters. The number of nitrogens with zero attached hydrogens (tertiary/aromatic N) is 2. The molecule has 1 fully saturated rings. The van der Waals surface area contributed by atoms with Gasteiger partial charge in [0, 0.05) is 32.2 Å². The highest BCUT2D eigenvalue weighted by molar-refractivity contribution is 6.29. The number of hydrogen-bond acceptors (Lipinski definition) is 5. The molecule has 0 bridgehead atoms. The smallest absolute Gasteiger partial charge is 0.220 e. The summed E-state index contributed by atoms with van der Waals surface area (Å²) in [7, 11) is 1.58. The molecule has 1 amide bonds. The molecule has 0 atom stereocenters. The van der Waals surface area contributed by atoms with E-state index in [-0.39, 0.29) is 5.91 Å². The number of anilines is 1. The molecule has 20 heavy (non-hydrogen) atoms. The van der Waals surface area contributed by atoms with Crippen molar-refractivity contribution >= 4 is 23.3 Å². The van der Waals surface area contributed by atoms with Crippen LogP contribution in [-0.4, -0.2) is 35.6 Å². The average molecular weight is 299 g/mol. The lowest BCUT2D eigenvalue weighted by molar-refractivity contribution is -0.121. The van der Waals surface area contributed by atoms with E-state index in [0.29, 0.717) is 42.4 Å². The lowest BCUT2D eigenvalue weighted by atomic mass is 10.3. The molecule has 1 heterocycles. The number of ether oxygens (including phenoxy) is 1. The van der Waals surface area contributed by atoms with E-state index in [1.54, 1.807) is 13.2 Å². The second kappa shape index (κ2) is 7.40. The van der Waals surface area contributed by atoms with Crippen LogP contribution in [-0.2, 0) is 16.1 Å². The first-order valence-electron chi connectivity index (χ1n) is 6.73. The van der Waals surface area contributed by atoms with Gasteiger partial charge in [-0.3, -0.25) is 4.79 Å². The van der Waals surface area contributed by atoms with Crippen LogP contribution in [0, 0.1) is 0 Å². The van der Waals surface area contributed by atoms with Crippen molar-refractivity contribution in [2.24, 2.45) is 0 Å². The highest BCUT2D eigenvalue weighted by Crippen LogP contribution is 2.18. The fourth-order valence-corrected chi connectivity index (χ4v) is 1.94. The Morgan fingerprint density at radius 1 is 1.50 bits per heavy atom. The summed E-state index contributed by atoms with van der Waals surface area (Å²) < 4.78 is 4.97. The van der Waals surface area contributed by atoms with Crippen molar-refractivity contribution in [2.45, 2.75) is 38.3 Å². The van der Waals surface area contributed by atoms with Crippen molar-refractivity contribution in [2.75, 3.05) is 19.0 Å². The van der Waals surface area contributed by atoms with E-state index in [1.807, 2.05) is 0 Å². The molecule has 1 aliphatic carbocycles. The van der Waals surface area contributed by atoms with Crippen molar-refractivity contribution in [3.8, 4) is 0 Å². The zero-order chi connectivity index (χ0) is 14.4. The van der Waals surface area contributed by atoms with Crippen molar-refractivity contribution < 1.29 is 9.53 Å². The minimum absolute atomic E-state index is 0.120. The summed E-state index contributed by atoms with van der Waals surface area (Å²) in [5.41, 5.74) is 0. The highest BCUT2D eigenvalue weighted by atomic mass is 35.5. The summed E-state index contributed by atoms with van der Waals surface area (Å²) in [6.07, 6.45) is 3.50. The van der Waals surface area contributed by atoms with Crippen LogP contribution in [0.5, 0.6) is 0 Å². The molecule has 0 aliphatic heterocycles. The fourth-order valence-electron chi connectivity index (χ4n) is 1.74. The molecular formula is C13H19ClN4O2. The number of halogens is 1. The third-order valence-electron chi connectivity index (χ3n) is 2.84. The van der Waals surface area contributed by atoms with E-state index in [2.05, 4.69) is 20.6 Å². The Bertz CT molecular complexity index is 466. The maximum Gasteiger partial charge on any atom is 0.220 e. The van der Waals surface area contributed by atoms with Gasteiger partial charge in [0.15, 0.2) is 5.82 Å². The molecule has 7 heteroatoms. The summed E-state index contributed by atoms with van der Waals surface area (Å²) in [5.74, 6) is 1.31. The lowest BCUT2D eigenvalue weighted by Gasteiger charge is -2.08. The van der Waals surface area contributed by atoms with Crippen LogP contribution in [0.2, 0.25) is 5.15 Å². The van der Waals surface area contributed by atoms with E-state index < -0.39 is 0 Å². The standard InChI is InChI=1S/C13H19ClN4O2/c1-20-8-12-17-10(14)7-11(18-12)15-6-2-3-13(19)16-9-4-5-9/h7,9H,2-6,8H2,1H3,(H,16,19)(H,15,17,18). The number of carbonyl (C=O) groups is 1. The summed E-state index contributed by atoms with van der Waals surface area (Å²) in [6.45, 7) is 0.983. The first-order chi connectivity index (χ1) is 9.67. The van der Waals surface area contributed by atoms with Gasteiger partial charge in [0.2, 0.25) is 5.91 Å². The Balaban J connectivity index is 1.71. The molecule has 0 aromatic carbocycles. The van der Waals surface area contributed by atoms with Crippen LogP contribution in [0.1, 0.15) is 31.5 Å². The summed E-state index contributed by atoms with van der Waals surface area (Å²) >= 11 is 5.90. The third kappa shape index (κ3) is 5.30. The number of aromatic nitrogens is 2. The normalized spacial score (nSPS) is 14.1. The van der Waals surface area contributed by atoms with Gasteiger partial charge in [-0.1, -0.05) is 11.6 Å². The van der Waals surface area contributed by atoms with Crippen LogP contribution in [0.15, 0.2) is 6.07 Å². The first kappa shape index (κ1) is 15.0. The van der Waals surface area contributed by atoms with E-state index in [0.717, 1.165) is 19.3 Å². The van der Waals surface area contributed by atoms with Crippen LogP contribution >= 0.6 is 11.6 Å². The van der Waals surface area contributed by atoms with Crippen LogP contribution in [0.25, 0.3) is 0 Å². The molecule has 110 valence electrons. The van der Waals surface area contributed by atoms with E-state index in [1.165, 1.54) is 0 Å². The monoisotopic (exact) mass is 298 g/mol. The summed E-state index contributed by atoms with van der Waals surface area (Å²) in [4.78, 5) is 19.8. The minimum Gasteiger partial charge on any atom is -0.377 e. The number of hydrogen-bond donors (Lipinski definition) is 2. The quantitative estimate of drug-likeness (QED) is 0.565. The van der Waals surface area contributed by atoms with Gasteiger partial charge in [0.1, 0.15) is 17.6 Å². The Labute approximate surface area is 123 Å². The predicted molar refractivity (Wildman–Crippen MR) is 76.6 cm³/mol. The van der Waals surface area contributed by atoms with Crippen LogP contribution in [0.4, 0.5) is 5.82 Å². The van der Waals surface area contributed by atoms with Crippen LogP contribution in [0.3, 0.4) is 0 Å². The van der Waals surface area contributed by atoms with Gasteiger partial charge < -0.3 is 15.4 Å².